The Labute approximate surface area is 96.8 Å². The molecule has 0 heterocycles. The molecule has 1 aromatic rings. The van der Waals surface area contributed by atoms with Gasteiger partial charge in [-0.3, -0.25) is 11.3 Å². The first-order valence-electron chi connectivity index (χ1n) is 5.44. The Hall–Kier alpha value is -0.570. The van der Waals surface area contributed by atoms with Crippen molar-refractivity contribution in [3.05, 3.63) is 34.9 Å². The van der Waals surface area contributed by atoms with Gasteiger partial charge in [0.05, 0.1) is 0 Å². The summed E-state index contributed by atoms with van der Waals surface area (Å²) in [5.74, 6) is 6.16. The van der Waals surface area contributed by atoms with E-state index < -0.39 is 0 Å². The second-order valence-electron chi connectivity index (χ2n) is 3.78. The molecule has 0 spiro atoms. The van der Waals surface area contributed by atoms with Crippen LogP contribution in [0.1, 0.15) is 38.3 Å². The monoisotopic (exact) mass is 226 g/mol. The van der Waals surface area contributed by atoms with Gasteiger partial charge in [-0.2, -0.15) is 0 Å². The van der Waals surface area contributed by atoms with Crippen LogP contribution in [-0.4, -0.2) is 0 Å². The van der Waals surface area contributed by atoms with Gasteiger partial charge in [-0.15, -0.1) is 0 Å². The highest BCUT2D eigenvalue weighted by atomic mass is 35.5. The minimum absolute atomic E-state index is 0.193. The molecule has 1 rings (SSSR count). The van der Waals surface area contributed by atoms with Crippen molar-refractivity contribution < 1.29 is 0 Å². The fraction of sp³-hybridized carbons (Fsp3) is 0.500. The summed E-state index contributed by atoms with van der Waals surface area (Å²) in [4.78, 5) is 0. The molecule has 0 saturated carbocycles. The minimum atomic E-state index is 0.193. The number of benzene rings is 1. The standard InChI is InChI=1S/C12H19ClN2/c1-3-9(4-2)12(15-14)10-6-5-7-11(13)8-10/h5-9,12,15H,3-4,14H2,1-2H3. The molecule has 3 heteroatoms. The van der Waals surface area contributed by atoms with Crippen LogP contribution in [0.2, 0.25) is 5.02 Å². The lowest BCUT2D eigenvalue weighted by atomic mass is 9.89. The molecule has 1 atom stereocenters. The van der Waals surface area contributed by atoms with Gasteiger partial charge in [0, 0.05) is 11.1 Å². The molecule has 0 saturated heterocycles. The fourth-order valence-corrected chi connectivity index (χ4v) is 2.16. The molecule has 0 bridgehead atoms. The van der Waals surface area contributed by atoms with E-state index in [1.165, 1.54) is 5.56 Å². The maximum Gasteiger partial charge on any atom is 0.0488 e. The first kappa shape index (κ1) is 12.5. The van der Waals surface area contributed by atoms with Crippen molar-refractivity contribution in [1.82, 2.24) is 5.43 Å². The number of hydrazine groups is 1. The van der Waals surface area contributed by atoms with E-state index in [0.29, 0.717) is 5.92 Å². The number of nitrogens with two attached hydrogens (primary N) is 1. The topological polar surface area (TPSA) is 38.0 Å². The average Bonchev–Trinajstić information content (AvgIpc) is 2.25. The third kappa shape index (κ3) is 3.20. The summed E-state index contributed by atoms with van der Waals surface area (Å²) >= 11 is 5.97. The maximum atomic E-state index is 5.97. The second kappa shape index (κ2) is 6.11. The Morgan fingerprint density at radius 1 is 1.33 bits per heavy atom. The Balaban J connectivity index is 2.90. The van der Waals surface area contributed by atoms with Crippen LogP contribution in [0.25, 0.3) is 0 Å². The summed E-state index contributed by atoms with van der Waals surface area (Å²) in [5.41, 5.74) is 4.05. The molecule has 0 radical (unpaired) electrons. The Kier molecular flexibility index (Phi) is 5.09. The molecule has 1 aromatic carbocycles. The van der Waals surface area contributed by atoms with Crippen LogP contribution >= 0.6 is 11.6 Å². The minimum Gasteiger partial charge on any atom is -0.271 e. The quantitative estimate of drug-likeness (QED) is 0.597. The van der Waals surface area contributed by atoms with Crippen LogP contribution in [-0.2, 0) is 0 Å². The van der Waals surface area contributed by atoms with Crippen molar-refractivity contribution in [1.29, 1.82) is 0 Å². The van der Waals surface area contributed by atoms with Gasteiger partial charge in [-0.05, 0) is 23.6 Å². The van der Waals surface area contributed by atoms with Crippen molar-refractivity contribution in [2.24, 2.45) is 11.8 Å². The molecular weight excluding hydrogens is 208 g/mol. The fourth-order valence-electron chi connectivity index (χ4n) is 1.96. The lowest BCUT2D eigenvalue weighted by Gasteiger charge is -2.25. The predicted molar refractivity (Wildman–Crippen MR) is 65.6 cm³/mol. The average molecular weight is 227 g/mol. The summed E-state index contributed by atoms with van der Waals surface area (Å²) < 4.78 is 0. The first-order chi connectivity index (χ1) is 7.22. The van der Waals surface area contributed by atoms with E-state index in [2.05, 4.69) is 25.3 Å². The second-order valence-corrected chi connectivity index (χ2v) is 4.21. The van der Waals surface area contributed by atoms with Crippen LogP contribution < -0.4 is 11.3 Å². The van der Waals surface area contributed by atoms with Gasteiger partial charge in [-0.25, -0.2) is 0 Å². The summed E-state index contributed by atoms with van der Waals surface area (Å²) in [6.45, 7) is 4.37. The van der Waals surface area contributed by atoms with E-state index in [4.69, 9.17) is 17.4 Å². The predicted octanol–water partition coefficient (Wildman–Crippen LogP) is 3.28. The molecule has 0 aliphatic carbocycles. The van der Waals surface area contributed by atoms with Crippen LogP contribution in [0.15, 0.2) is 24.3 Å². The van der Waals surface area contributed by atoms with Gasteiger partial charge in [-0.1, -0.05) is 50.4 Å². The van der Waals surface area contributed by atoms with Gasteiger partial charge in [0.15, 0.2) is 0 Å². The number of nitrogens with one attached hydrogen (secondary N) is 1. The van der Waals surface area contributed by atoms with E-state index in [1.807, 2.05) is 18.2 Å². The van der Waals surface area contributed by atoms with Gasteiger partial charge >= 0.3 is 0 Å². The van der Waals surface area contributed by atoms with Crippen molar-refractivity contribution in [3.63, 3.8) is 0 Å². The van der Waals surface area contributed by atoms with Crippen molar-refractivity contribution in [3.8, 4) is 0 Å². The summed E-state index contributed by atoms with van der Waals surface area (Å²) in [6.07, 6.45) is 2.22. The van der Waals surface area contributed by atoms with Crippen molar-refractivity contribution >= 4 is 11.6 Å². The summed E-state index contributed by atoms with van der Waals surface area (Å²) in [5, 5.41) is 0.763. The van der Waals surface area contributed by atoms with Crippen molar-refractivity contribution in [2.45, 2.75) is 32.7 Å². The van der Waals surface area contributed by atoms with Gasteiger partial charge in [0.25, 0.3) is 0 Å². The van der Waals surface area contributed by atoms with E-state index in [1.54, 1.807) is 0 Å². The normalized spacial score (nSPS) is 13.1. The highest BCUT2D eigenvalue weighted by Gasteiger charge is 2.18. The molecule has 0 aliphatic heterocycles. The molecule has 0 aliphatic rings. The van der Waals surface area contributed by atoms with E-state index in [-0.39, 0.29) is 6.04 Å². The first-order valence-corrected chi connectivity index (χ1v) is 5.82. The van der Waals surface area contributed by atoms with E-state index >= 15 is 0 Å². The SMILES string of the molecule is CCC(CC)C(NN)c1cccc(Cl)c1. The van der Waals surface area contributed by atoms with Crippen LogP contribution in [0.4, 0.5) is 0 Å². The number of hydrogen-bond acceptors (Lipinski definition) is 2. The van der Waals surface area contributed by atoms with E-state index in [0.717, 1.165) is 17.9 Å². The van der Waals surface area contributed by atoms with Crippen LogP contribution in [0.3, 0.4) is 0 Å². The lowest BCUT2D eigenvalue weighted by molar-refractivity contribution is 0.345. The maximum absolute atomic E-state index is 5.97. The Morgan fingerprint density at radius 3 is 2.47 bits per heavy atom. The molecule has 84 valence electrons. The van der Waals surface area contributed by atoms with Crippen molar-refractivity contribution in [2.75, 3.05) is 0 Å². The molecular formula is C12H19ClN2. The molecule has 1 unspecified atom stereocenters. The zero-order valence-electron chi connectivity index (χ0n) is 9.33. The zero-order chi connectivity index (χ0) is 11.3. The summed E-state index contributed by atoms with van der Waals surface area (Å²) in [7, 11) is 0. The molecule has 0 amide bonds. The van der Waals surface area contributed by atoms with Crippen LogP contribution in [0, 0.1) is 5.92 Å². The molecule has 3 N–H and O–H groups in total. The largest absolute Gasteiger partial charge is 0.271 e. The third-order valence-electron chi connectivity index (χ3n) is 2.91. The van der Waals surface area contributed by atoms with Gasteiger partial charge in [0.2, 0.25) is 0 Å². The molecule has 2 nitrogen and oxygen atoms in total. The third-order valence-corrected chi connectivity index (χ3v) is 3.14. The lowest BCUT2D eigenvalue weighted by Crippen LogP contribution is -2.33. The highest BCUT2D eigenvalue weighted by Crippen LogP contribution is 2.27. The Morgan fingerprint density at radius 2 is 2.00 bits per heavy atom. The molecule has 0 fully saturated rings. The van der Waals surface area contributed by atoms with Gasteiger partial charge < -0.3 is 0 Å². The molecule has 0 aromatic heterocycles. The summed E-state index contributed by atoms with van der Waals surface area (Å²) in [6, 6.07) is 8.08. The van der Waals surface area contributed by atoms with Crippen LogP contribution in [0.5, 0.6) is 0 Å². The Bertz CT molecular complexity index is 297. The number of rotatable bonds is 5. The number of hydrogen-bond donors (Lipinski definition) is 2. The number of halogens is 1. The smallest absolute Gasteiger partial charge is 0.0488 e. The zero-order valence-corrected chi connectivity index (χ0v) is 10.1. The van der Waals surface area contributed by atoms with E-state index in [9.17, 15) is 0 Å². The van der Waals surface area contributed by atoms with Gasteiger partial charge in [0.1, 0.15) is 0 Å². The molecule has 15 heavy (non-hydrogen) atoms. The highest BCUT2D eigenvalue weighted by molar-refractivity contribution is 6.30.